The van der Waals surface area contributed by atoms with Crippen LogP contribution in [0.4, 0.5) is 0 Å². The van der Waals surface area contributed by atoms with Crippen molar-refractivity contribution < 1.29 is 4.74 Å². The Morgan fingerprint density at radius 1 is 1.56 bits per heavy atom. The van der Waals surface area contributed by atoms with E-state index in [1.807, 2.05) is 11.3 Å². The highest BCUT2D eigenvalue weighted by atomic mass is 32.1. The van der Waals surface area contributed by atoms with E-state index in [0.29, 0.717) is 0 Å². The summed E-state index contributed by atoms with van der Waals surface area (Å²) < 4.78 is 5.06. The standard InChI is InChI=1S/C14H24N2OS/c1-17-10-7-15-12-13-4-2-8-16(13)9-6-14-5-3-11-18-14/h3,5,11,13,15H,2,4,6-10,12H2,1H3. The molecule has 1 aliphatic rings. The number of nitrogens with one attached hydrogen (secondary N) is 1. The largest absolute Gasteiger partial charge is 0.383 e. The summed E-state index contributed by atoms with van der Waals surface area (Å²) in [6, 6.07) is 5.11. The number of hydrogen-bond acceptors (Lipinski definition) is 4. The summed E-state index contributed by atoms with van der Waals surface area (Å²) in [6.45, 7) is 5.35. The fraction of sp³-hybridized carbons (Fsp3) is 0.714. The number of nitrogens with zero attached hydrogens (tertiary/aromatic N) is 1. The van der Waals surface area contributed by atoms with Crippen molar-refractivity contribution >= 4 is 11.3 Å². The summed E-state index contributed by atoms with van der Waals surface area (Å²) in [5.41, 5.74) is 0. The van der Waals surface area contributed by atoms with Crippen LogP contribution in [0.2, 0.25) is 0 Å². The highest BCUT2D eigenvalue weighted by Crippen LogP contribution is 2.18. The average molecular weight is 268 g/mol. The summed E-state index contributed by atoms with van der Waals surface area (Å²) in [5, 5.41) is 5.66. The molecule has 1 aliphatic heterocycles. The van der Waals surface area contributed by atoms with Gasteiger partial charge in [-0.1, -0.05) is 6.07 Å². The van der Waals surface area contributed by atoms with Crippen LogP contribution in [-0.2, 0) is 11.2 Å². The first-order chi connectivity index (χ1) is 8.90. The van der Waals surface area contributed by atoms with E-state index in [0.717, 1.165) is 25.7 Å². The minimum Gasteiger partial charge on any atom is -0.383 e. The second kappa shape index (κ2) is 7.89. The Kier molecular flexibility index (Phi) is 6.14. The summed E-state index contributed by atoms with van der Waals surface area (Å²) in [4.78, 5) is 4.15. The van der Waals surface area contributed by atoms with Gasteiger partial charge >= 0.3 is 0 Å². The molecular formula is C14H24N2OS. The van der Waals surface area contributed by atoms with Crippen molar-refractivity contribution in [2.24, 2.45) is 0 Å². The summed E-state index contributed by atoms with van der Waals surface area (Å²) in [7, 11) is 1.75. The van der Waals surface area contributed by atoms with Crippen LogP contribution in [0.25, 0.3) is 0 Å². The van der Waals surface area contributed by atoms with E-state index >= 15 is 0 Å². The smallest absolute Gasteiger partial charge is 0.0587 e. The first-order valence-electron chi connectivity index (χ1n) is 6.86. The van der Waals surface area contributed by atoms with Crippen molar-refractivity contribution in [3.63, 3.8) is 0 Å². The van der Waals surface area contributed by atoms with Gasteiger partial charge in [-0.15, -0.1) is 11.3 Å². The first-order valence-corrected chi connectivity index (χ1v) is 7.74. The lowest BCUT2D eigenvalue weighted by Gasteiger charge is -2.24. The van der Waals surface area contributed by atoms with Gasteiger partial charge in [0.25, 0.3) is 0 Å². The van der Waals surface area contributed by atoms with Crippen LogP contribution in [0.1, 0.15) is 17.7 Å². The third-order valence-corrected chi connectivity index (χ3v) is 4.52. The minimum absolute atomic E-state index is 0.724. The highest BCUT2D eigenvalue weighted by Gasteiger charge is 2.23. The highest BCUT2D eigenvalue weighted by molar-refractivity contribution is 7.09. The Hall–Kier alpha value is -0.420. The van der Waals surface area contributed by atoms with Crippen LogP contribution in [-0.4, -0.2) is 50.8 Å². The van der Waals surface area contributed by atoms with Crippen LogP contribution >= 0.6 is 11.3 Å². The van der Waals surface area contributed by atoms with Crippen LogP contribution in [0, 0.1) is 0 Å². The molecule has 1 N–H and O–H groups in total. The molecule has 1 fully saturated rings. The van der Waals surface area contributed by atoms with Gasteiger partial charge in [0.05, 0.1) is 6.61 Å². The van der Waals surface area contributed by atoms with Gasteiger partial charge in [-0.3, -0.25) is 4.90 Å². The molecule has 2 rings (SSSR count). The maximum atomic E-state index is 5.06. The zero-order valence-electron chi connectivity index (χ0n) is 11.2. The quantitative estimate of drug-likeness (QED) is 0.730. The predicted octanol–water partition coefficient (Wildman–Crippen LogP) is 1.99. The Bertz CT molecular complexity index is 316. The molecular weight excluding hydrogens is 244 g/mol. The predicted molar refractivity (Wildman–Crippen MR) is 77.4 cm³/mol. The van der Waals surface area contributed by atoms with E-state index < -0.39 is 0 Å². The molecule has 1 saturated heterocycles. The van der Waals surface area contributed by atoms with Gasteiger partial charge in [0.1, 0.15) is 0 Å². The molecule has 1 unspecified atom stereocenters. The molecule has 0 spiro atoms. The van der Waals surface area contributed by atoms with Gasteiger partial charge in [-0.05, 0) is 37.3 Å². The van der Waals surface area contributed by atoms with Gasteiger partial charge in [-0.25, -0.2) is 0 Å². The SMILES string of the molecule is COCCNCC1CCCN1CCc1cccs1. The third kappa shape index (κ3) is 4.35. The van der Waals surface area contributed by atoms with E-state index in [1.165, 1.54) is 37.2 Å². The van der Waals surface area contributed by atoms with Gasteiger partial charge in [-0.2, -0.15) is 0 Å². The summed E-state index contributed by atoms with van der Waals surface area (Å²) in [6.07, 6.45) is 3.89. The van der Waals surface area contributed by atoms with E-state index in [-0.39, 0.29) is 0 Å². The Labute approximate surface area is 114 Å². The molecule has 1 atom stereocenters. The molecule has 0 aromatic carbocycles. The van der Waals surface area contributed by atoms with Crippen molar-refractivity contribution in [1.29, 1.82) is 0 Å². The zero-order chi connectivity index (χ0) is 12.6. The number of thiophene rings is 1. The van der Waals surface area contributed by atoms with Crippen molar-refractivity contribution in [3.8, 4) is 0 Å². The lowest BCUT2D eigenvalue weighted by molar-refractivity contribution is 0.192. The van der Waals surface area contributed by atoms with E-state index in [9.17, 15) is 0 Å². The maximum Gasteiger partial charge on any atom is 0.0587 e. The second-order valence-electron chi connectivity index (χ2n) is 4.86. The Morgan fingerprint density at radius 3 is 3.28 bits per heavy atom. The normalized spacial score (nSPS) is 20.6. The van der Waals surface area contributed by atoms with E-state index in [1.54, 1.807) is 7.11 Å². The Balaban J connectivity index is 1.67. The van der Waals surface area contributed by atoms with Crippen molar-refractivity contribution in [2.75, 3.05) is 39.9 Å². The fourth-order valence-corrected chi connectivity index (χ4v) is 3.27. The van der Waals surface area contributed by atoms with Crippen molar-refractivity contribution in [1.82, 2.24) is 10.2 Å². The zero-order valence-corrected chi connectivity index (χ0v) is 12.0. The molecule has 102 valence electrons. The van der Waals surface area contributed by atoms with Crippen molar-refractivity contribution in [3.05, 3.63) is 22.4 Å². The maximum absolute atomic E-state index is 5.06. The monoisotopic (exact) mass is 268 g/mol. The van der Waals surface area contributed by atoms with Crippen molar-refractivity contribution in [2.45, 2.75) is 25.3 Å². The van der Waals surface area contributed by atoms with E-state index in [4.69, 9.17) is 4.74 Å². The molecule has 0 radical (unpaired) electrons. The molecule has 2 heterocycles. The second-order valence-corrected chi connectivity index (χ2v) is 5.89. The van der Waals surface area contributed by atoms with Gasteiger partial charge in [0.15, 0.2) is 0 Å². The number of rotatable bonds is 8. The summed E-state index contributed by atoms with van der Waals surface area (Å²) >= 11 is 1.87. The average Bonchev–Trinajstić information content (AvgIpc) is 3.03. The van der Waals surface area contributed by atoms with Gasteiger partial charge in [0.2, 0.25) is 0 Å². The van der Waals surface area contributed by atoms with Crippen LogP contribution in [0.5, 0.6) is 0 Å². The lowest BCUT2D eigenvalue weighted by atomic mass is 10.2. The number of ether oxygens (including phenoxy) is 1. The summed E-state index contributed by atoms with van der Waals surface area (Å²) in [5.74, 6) is 0. The Morgan fingerprint density at radius 2 is 2.50 bits per heavy atom. The molecule has 0 amide bonds. The van der Waals surface area contributed by atoms with Crippen LogP contribution in [0.3, 0.4) is 0 Å². The number of likely N-dealkylation sites (tertiary alicyclic amines) is 1. The van der Waals surface area contributed by atoms with Crippen LogP contribution in [0.15, 0.2) is 17.5 Å². The number of methoxy groups -OCH3 is 1. The first kappa shape index (κ1) is 14.0. The molecule has 0 aliphatic carbocycles. The molecule has 3 nitrogen and oxygen atoms in total. The van der Waals surface area contributed by atoms with Gasteiger partial charge < -0.3 is 10.1 Å². The molecule has 1 aromatic rings. The fourth-order valence-electron chi connectivity index (χ4n) is 2.57. The number of hydrogen-bond donors (Lipinski definition) is 1. The topological polar surface area (TPSA) is 24.5 Å². The third-order valence-electron chi connectivity index (χ3n) is 3.59. The molecule has 0 saturated carbocycles. The molecule has 18 heavy (non-hydrogen) atoms. The molecule has 1 aromatic heterocycles. The van der Waals surface area contributed by atoms with Gasteiger partial charge in [0, 0.05) is 37.7 Å². The molecule has 4 heteroatoms. The lowest BCUT2D eigenvalue weighted by Crippen LogP contribution is -2.39. The minimum atomic E-state index is 0.724. The molecule has 0 bridgehead atoms. The van der Waals surface area contributed by atoms with E-state index in [2.05, 4.69) is 27.7 Å². The van der Waals surface area contributed by atoms with Crippen LogP contribution < -0.4 is 5.32 Å².